The molecule has 0 bridgehead atoms. The van der Waals surface area contributed by atoms with Gasteiger partial charge in [0.05, 0.1) is 0 Å². The van der Waals surface area contributed by atoms with Crippen molar-refractivity contribution < 1.29 is 9.59 Å². The summed E-state index contributed by atoms with van der Waals surface area (Å²) in [4.78, 5) is 30.4. The average molecular weight is 369 g/mol. The fourth-order valence-electron chi connectivity index (χ4n) is 2.13. The minimum absolute atomic E-state index is 0. The maximum absolute atomic E-state index is 12.3. The van der Waals surface area contributed by atoms with Crippen molar-refractivity contribution in [1.82, 2.24) is 9.88 Å². The van der Waals surface area contributed by atoms with Gasteiger partial charge >= 0.3 is 0 Å². The van der Waals surface area contributed by atoms with Crippen molar-refractivity contribution in [2.45, 2.75) is 20.4 Å². The molecule has 2 rings (SSSR count). The third-order valence-corrected chi connectivity index (χ3v) is 4.25. The molecule has 0 atom stereocenters. The SMILES string of the molecule is CCN(CC)C(=O)c1cccc(NC(=O)c2csc(CN)n2)c1.Cl. The number of carbonyl (C=O) groups is 2. The largest absolute Gasteiger partial charge is 0.339 e. The molecule has 0 radical (unpaired) electrons. The lowest BCUT2D eigenvalue weighted by molar-refractivity contribution is 0.0772. The number of benzene rings is 1. The summed E-state index contributed by atoms with van der Waals surface area (Å²) in [6.45, 7) is 5.47. The van der Waals surface area contributed by atoms with Crippen LogP contribution in [-0.2, 0) is 6.54 Å². The van der Waals surface area contributed by atoms with Gasteiger partial charge in [-0.15, -0.1) is 23.7 Å². The van der Waals surface area contributed by atoms with Crippen LogP contribution in [0.15, 0.2) is 29.6 Å². The number of amides is 2. The average Bonchev–Trinajstić information content (AvgIpc) is 3.05. The van der Waals surface area contributed by atoms with Crippen LogP contribution in [0.5, 0.6) is 0 Å². The van der Waals surface area contributed by atoms with E-state index in [0.717, 1.165) is 0 Å². The minimum atomic E-state index is -0.312. The van der Waals surface area contributed by atoms with E-state index >= 15 is 0 Å². The molecule has 0 aliphatic carbocycles. The third kappa shape index (κ3) is 4.77. The van der Waals surface area contributed by atoms with Crippen LogP contribution in [0.4, 0.5) is 5.69 Å². The summed E-state index contributed by atoms with van der Waals surface area (Å²) in [6.07, 6.45) is 0. The first kappa shape index (κ1) is 20.1. The first-order valence-electron chi connectivity index (χ1n) is 7.44. The van der Waals surface area contributed by atoms with Crippen LogP contribution in [0.1, 0.15) is 39.7 Å². The minimum Gasteiger partial charge on any atom is -0.339 e. The van der Waals surface area contributed by atoms with E-state index in [-0.39, 0.29) is 24.2 Å². The fraction of sp³-hybridized carbons (Fsp3) is 0.312. The Balaban J connectivity index is 0.00000288. The number of halogens is 1. The van der Waals surface area contributed by atoms with Gasteiger partial charge in [-0.2, -0.15) is 0 Å². The molecular formula is C16H21ClN4O2S. The van der Waals surface area contributed by atoms with Crippen LogP contribution in [0.2, 0.25) is 0 Å². The van der Waals surface area contributed by atoms with Gasteiger partial charge in [-0.05, 0) is 32.0 Å². The molecule has 1 aromatic heterocycles. The van der Waals surface area contributed by atoms with Crippen molar-refractivity contribution in [3.8, 4) is 0 Å². The van der Waals surface area contributed by atoms with Crippen LogP contribution in [0.3, 0.4) is 0 Å². The number of hydrogen-bond acceptors (Lipinski definition) is 5. The molecule has 2 amide bonds. The molecule has 8 heteroatoms. The van der Waals surface area contributed by atoms with Gasteiger partial charge in [0, 0.05) is 36.3 Å². The highest BCUT2D eigenvalue weighted by atomic mass is 35.5. The van der Waals surface area contributed by atoms with Gasteiger partial charge in [0.15, 0.2) is 0 Å². The first-order valence-corrected chi connectivity index (χ1v) is 8.32. The van der Waals surface area contributed by atoms with Gasteiger partial charge in [0.1, 0.15) is 10.7 Å². The van der Waals surface area contributed by atoms with Crippen molar-refractivity contribution in [1.29, 1.82) is 0 Å². The lowest BCUT2D eigenvalue weighted by Crippen LogP contribution is -2.30. The van der Waals surface area contributed by atoms with Crippen LogP contribution in [-0.4, -0.2) is 34.8 Å². The predicted octanol–water partition coefficient (Wildman–Crippen LogP) is 2.76. The quantitative estimate of drug-likeness (QED) is 0.820. The Morgan fingerprint density at radius 2 is 2.00 bits per heavy atom. The van der Waals surface area contributed by atoms with E-state index in [1.54, 1.807) is 34.5 Å². The predicted molar refractivity (Wildman–Crippen MR) is 98.9 cm³/mol. The van der Waals surface area contributed by atoms with E-state index in [9.17, 15) is 9.59 Å². The van der Waals surface area contributed by atoms with Gasteiger partial charge in [0.25, 0.3) is 11.8 Å². The number of nitrogens with two attached hydrogens (primary N) is 1. The molecule has 3 N–H and O–H groups in total. The van der Waals surface area contributed by atoms with Gasteiger partial charge in [-0.1, -0.05) is 6.07 Å². The highest BCUT2D eigenvalue weighted by Crippen LogP contribution is 2.15. The fourth-order valence-corrected chi connectivity index (χ4v) is 2.78. The molecule has 0 fully saturated rings. The lowest BCUT2D eigenvalue weighted by atomic mass is 10.1. The summed E-state index contributed by atoms with van der Waals surface area (Å²) in [6, 6.07) is 6.91. The van der Waals surface area contributed by atoms with E-state index in [1.807, 2.05) is 13.8 Å². The van der Waals surface area contributed by atoms with Crippen molar-refractivity contribution in [3.63, 3.8) is 0 Å². The molecule has 130 valence electrons. The van der Waals surface area contributed by atoms with E-state index in [0.29, 0.717) is 41.6 Å². The summed E-state index contributed by atoms with van der Waals surface area (Å²) in [5.74, 6) is -0.362. The number of nitrogens with zero attached hydrogens (tertiary/aromatic N) is 2. The smallest absolute Gasteiger partial charge is 0.275 e. The van der Waals surface area contributed by atoms with Gasteiger partial charge in [0.2, 0.25) is 0 Å². The van der Waals surface area contributed by atoms with Crippen molar-refractivity contribution in [2.24, 2.45) is 5.73 Å². The van der Waals surface area contributed by atoms with Crippen LogP contribution < -0.4 is 11.1 Å². The Hall–Kier alpha value is -1.96. The Labute approximate surface area is 151 Å². The van der Waals surface area contributed by atoms with Crippen LogP contribution in [0.25, 0.3) is 0 Å². The maximum Gasteiger partial charge on any atom is 0.275 e. The summed E-state index contributed by atoms with van der Waals surface area (Å²) in [5, 5.41) is 5.14. The summed E-state index contributed by atoms with van der Waals surface area (Å²) in [7, 11) is 0. The number of nitrogens with one attached hydrogen (secondary N) is 1. The monoisotopic (exact) mass is 368 g/mol. The second-order valence-electron chi connectivity index (χ2n) is 4.84. The zero-order valence-electron chi connectivity index (χ0n) is 13.6. The first-order chi connectivity index (χ1) is 11.1. The van der Waals surface area contributed by atoms with Gasteiger partial charge < -0.3 is 16.0 Å². The van der Waals surface area contributed by atoms with Crippen LogP contribution >= 0.6 is 23.7 Å². The molecule has 2 aromatic rings. The molecule has 0 saturated carbocycles. The molecule has 0 aliphatic rings. The van der Waals surface area contributed by atoms with Crippen molar-refractivity contribution >= 4 is 41.2 Å². The molecule has 24 heavy (non-hydrogen) atoms. The summed E-state index contributed by atoms with van der Waals surface area (Å²) < 4.78 is 0. The maximum atomic E-state index is 12.3. The molecule has 1 heterocycles. The molecule has 0 aliphatic heterocycles. The standard InChI is InChI=1S/C16H20N4O2S.ClH/c1-3-20(4-2)16(22)11-6-5-7-12(8-11)18-15(21)13-10-23-14(9-17)19-13;/h5-8,10H,3-4,9,17H2,1-2H3,(H,18,21);1H. The summed E-state index contributed by atoms with van der Waals surface area (Å²) in [5.41, 5.74) is 6.94. The normalized spacial score (nSPS) is 9.96. The molecule has 0 unspecified atom stereocenters. The second kappa shape index (κ2) is 9.36. The topological polar surface area (TPSA) is 88.3 Å². The summed E-state index contributed by atoms with van der Waals surface area (Å²) >= 11 is 1.35. The Bertz CT molecular complexity index is 701. The zero-order valence-corrected chi connectivity index (χ0v) is 15.2. The lowest BCUT2D eigenvalue weighted by Gasteiger charge is -2.18. The zero-order chi connectivity index (χ0) is 16.8. The second-order valence-corrected chi connectivity index (χ2v) is 5.79. The Morgan fingerprint density at radius 1 is 1.29 bits per heavy atom. The van der Waals surface area contributed by atoms with E-state index in [4.69, 9.17) is 5.73 Å². The molecule has 6 nitrogen and oxygen atoms in total. The number of aromatic nitrogens is 1. The van der Waals surface area contributed by atoms with E-state index in [1.165, 1.54) is 11.3 Å². The number of rotatable bonds is 6. The third-order valence-electron chi connectivity index (χ3n) is 3.38. The highest BCUT2D eigenvalue weighted by molar-refractivity contribution is 7.09. The number of thiazole rings is 1. The van der Waals surface area contributed by atoms with Gasteiger partial charge in [-0.3, -0.25) is 9.59 Å². The van der Waals surface area contributed by atoms with Crippen LogP contribution in [0, 0.1) is 0 Å². The van der Waals surface area contributed by atoms with Crippen molar-refractivity contribution in [2.75, 3.05) is 18.4 Å². The van der Waals surface area contributed by atoms with Gasteiger partial charge in [-0.25, -0.2) is 4.98 Å². The Morgan fingerprint density at radius 3 is 2.58 bits per heavy atom. The molecule has 0 saturated heterocycles. The highest BCUT2D eigenvalue weighted by Gasteiger charge is 2.14. The van der Waals surface area contributed by atoms with E-state index in [2.05, 4.69) is 10.3 Å². The molecular weight excluding hydrogens is 348 g/mol. The number of anilines is 1. The van der Waals surface area contributed by atoms with Crippen molar-refractivity contribution in [3.05, 3.63) is 45.9 Å². The number of carbonyl (C=O) groups excluding carboxylic acids is 2. The number of hydrogen-bond donors (Lipinski definition) is 2. The molecule has 0 spiro atoms. The van der Waals surface area contributed by atoms with E-state index < -0.39 is 0 Å². The molecule has 1 aromatic carbocycles. The Kier molecular flexibility index (Phi) is 7.84.